The summed E-state index contributed by atoms with van der Waals surface area (Å²) >= 11 is 0. The van der Waals surface area contributed by atoms with Crippen LogP contribution in [0.2, 0.25) is 0 Å². The molecular weight excluding hydrogens is 403 g/mol. The number of aliphatic hydroxyl groups is 1. The highest BCUT2D eigenvalue weighted by Crippen LogP contribution is 2.12. The smallest absolute Gasteiger partial charge is 0.303 e. The Morgan fingerprint density at radius 1 is 1.14 bits per heavy atom. The van der Waals surface area contributed by atoms with Crippen molar-refractivity contribution in [2.75, 3.05) is 13.2 Å². The second-order valence-electron chi connectivity index (χ2n) is 5.81. The van der Waals surface area contributed by atoms with Crippen molar-refractivity contribution in [1.82, 2.24) is 0 Å². The zero-order chi connectivity index (χ0) is 21.9. The van der Waals surface area contributed by atoms with Gasteiger partial charge >= 0.3 is 5.97 Å². The zero-order valence-electron chi connectivity index (χ0n) is 16.0. The van der Waals surface area contributed by atoms with Crippen molar-refractivity contribution >= 4 is 16.1 Å². The Balaban J connectivity index is 0.000000326. The van der Waals surface area contributed by atoms with Gasteiger partial charge in [-0.2, -0.15) is 8.42 Å². The van der Waals surface area contributed by atoms with Crippen molar-refractivity contribution in [3.05, 3.63) is 72.1 Å². The molecule has 7 nitrogen and oxygen atoms in total. The van der Waals surface area contributed by atoms with E-state index in [9.17, 15) is 17.6 Å². The summed E-state index contributed by atoms with van der Waals surface area (Å²) in [5.41, 5.74) is 0.956. The Kier molecular flexibility index (Phi) is 10.0. The molecule has 2 aromatic carbocycles. The van der Waals surface area contributed by atoms with E-state index in [4.69, 9.17) is 19.1 Å². The summed E-state index contributed by atoms with van der Waals surface area (Å²) in [6, 6.07) is 11.5. The SMILES string of the molecule is CC(=O)OC(C=CCO)COc1ccc(F)cc1.Cc1ccc(S(=O)(=O)O)cc1. The van der Waals surface area contributed by atoms with Crippen LogP contribution in [0.25, 0.3) is 0 Å². The maximum absolute atomic E-state index is 12.7. The third-order valence-corrected chi connectivity index (χ3v) is 4.19. The molecule has 1 unspecified atom stereocenters. The third-order valence-electron chi connectivity index (χ3n) is 3.32. The van der Waals surface area contributed by atoms with E-state index in [-0.39, 0.29) is 23.9 Å². The van der Waals surface area contributed by atoms with Crippen LogP contribution in [-0.4, -0.2) is 43.4 Å². The lowest BCUT2D eigenvalue weighted by Crippen LogP contribution is -2.22. The molecule has 0 aliphatic carbocycles. The van der Waals surface area contributed by atoms with Crippen LogP contribution in [-0.2, 0) is 19.6 Å². The molecule has 2 aromatic rings. The van der Waals surface area contributed by atoms with E-state index in [1.54, 1.807) is 12.1 Å². The van der Waals surface area contributed by atoms with Gasteiger partial charge in [-0.25, -0.2) is 4.39 Å². The van der Waals surface area contributed by atoms with Gasteiger partial charge in [0, 0.05) is 6.92 Å². The molecule has 1 atom stereocenters. The number of carbonyl (C=O) groups is 1. The Morgan fingerprint density at radius 2 is 1.72 bits per heavy atom. The quantitative estimate of drug-likeness (QED) is 0.398. The normalized spacial score (nSPS) is 12.0. The van der Waals surface area contributed by atoms with Crippen molar-refractivity contribution in [3.63, 3.8) is 0 Å². The summed E-state index contributed by atoms with van der Waals surface area (Å²) < 4.78 is 52.5. The van der Waals surface area contributed by atoms with Gasteiger partial charge in [-0.15, -0.1) is 0 Å². The molecule has 0 saturated carbocycles. The molecular formula is C20H23FO7S. The molecule has 2 N–H and O–H groups in total. The number of ether oxygens (including phenoxy) is 2. The summed E-state index contributed by atoms with van der Waals surface area (Å²) in [4.78, 5) is 10.8. The summed E-state index contributed by atoms with van der Waals surface area (Å²) in [5.74, 6) is -0.310. The maximum atomic E-state index is 12.7. The lowest BCUT2D eigenvalue weighted by Gasteiger charge is -2.14. The minimum atomic E-state index is -4.02. The minimum Gasteiger partial charge on any atom is -0.489 e. The van der Waals surface area contributed by atoms with E-state index >= 15 is 0 Å². The van der Waals surface area contributed by atoms with Crippen LogP contribution in [0.15, 0.2) is 65.6 Å². The standard InChI is InChI=1S/C13H15FO4.C7H8O3S/c1-10(16)18-13(3-2-8-15)9-17-12-6-4-11(14)5-7-12;1-6-2-4-7(5-3-6)11(8,9)10/h2-7,13,15H,8-9H2,1H3;2-5H,1H3,(H,8,9,10). The summed E-state index contributed by atoms with van der Waals surface area (Å²) in [5, 5.41) is 8.66. The van der Waals surface area contributed by atoms with Gasteiger partial charge in [-0.3, -0.25) is 9.35 Å². The van der Waals surface area contributed by atoms with Gasteiger partial charge < -0.3 is 14.6 Å². The molecule has 29 heavy (non-hydrogen) atoms. The van der Waals surface area contributed by atoms with Crippen molar-refractivity contribution in [2.45, 2.75) is 24.8 Å². The fourth-order valence-corrected chi connectivity index (χ4v) is 2.45. The highest BCUT2D eigenvalue weighted by atomic mass is 32.2. The van der Waals surface area contributed by atoms with Crippen molar-refractivity contribution in [3.8, 4) is 5.75 Å². The van der Waals surface area contributed by atoms with Crippen LogP contribution in [0, 0.1) is 12.7 Å². The first-order valence-electron chi connectivity index (χ1n) is 8.49. The van der Waals surface area contributed by atoms with Crippen LogP contribution in [0.1, 0.15) is 12.5 Å². The van der Waals surface area contributed by atoms with Crippen LogP contribution >= 0.6 is 0 Å². The van der Waals surface area contributed by atoms with Gasteiger partial charge in [0.1, 0.15) is 18.2 Å². The highest BCUT2D eigenvalue weighted by molar-refractivity contribution is 7.85. The summed E-state index contributed by atoms with van der Waals surface area (Å²) in [6.45, 7) is 3.08. The molecule has 0 aromatic heterocycles. The van der Waals surface area contributed by atoms with E-state index in [2.05, 4.69) is 0 Å². The zero-order valence-corrected chi connectivity index (χ0v) is 16.8. The summed E-state index contributed by atoms with van der Waals surface area (Å²) in [6.07, 6.45) is 2.41. The molecule has 9 heteroatoms. The largest absolute Gasteiger partial charge is 0.489 e. The monoisotopic (exact) mass is 426 g/mol. The van der Waals surface area contributed by atoms with Crippen LogP contribution in [0.5, 0.6) is 5.75 Å². The molecule has 0 radical (unpaired) electrons. The van der Waals surface area contributed by atoms with Gasteiger partial charge in [-0.1, -0.05) is 23.8 Å². The Morgan fingerprint density at radius 3 is 2.21 bits per heavy atom. The average molecular weight is 426 g/mol. The van der Waals surface area contributed by atoms with Gasteiger partial charge in [0.15, 0.2) is 6.10 Å². The molecule has 158 valence electrons. The minimum absolute atomic E-state index is 0.0666. The lowest BCUT2D eigenvalue weighted by atomic mass is 10.2. The first-order valence-corrected chi connectivity index (χ1v) is 9.93. The fraction of sp³-hybridized carbons (Fsp3) is 0.250. The molecule has 0 aliphatic heterocycles. The number of aliphatic hydroxyl groups excluding tert-OH is 1. The Bertz CT molecular complexity index is 891. The number of esters is 1. The number of benzene rings is 2. The van der Waals surface area contributed by atoms with Crippen molar-refractivity contribution in [1.29, 1.82) is 0 Å². The first-order chi connectivity index (χ1) is 13.6. The first kappa shape index (κ1) is 24.3. The van der Waals surface area contributed by atoms with E-state index in [1.807, 2.05) is 6.92 Å². The molecule has 0 saturated heterocycles. The predicted octanol–water partition coefficient (Wildman–Crippen LogP) is 2.93. The highest BCUT2D eigenvalue weighted by Gasteiger charge is 2.09. The van der Waals surface area contributed by atoms with Gasteiger partial charge in [-0.05, 0) is 49.4 Å². The number of aryl methyl sites for hydroxylation is 1. The summed E-state index contributed by atoms with van der Waals surface area (Å²) in [7, 11) is -4.02. The number of hydrogen-bond acceptors (Lipinski definition) is 6. The number of hydrogen-bond donors (Lipinski definition) is 2. The van der Waals surface area contributed by atoms with E-state index in [1.165, 1.54) is 55.5 Å². The van der Waals surface area contributed by atoms with Crippen LogP contribution in [0.3, 0.4) is 0 Å². The van der Waals surface area contributed by atoms with Crippen molar-refractivity contribution < 1.29 is 36.7 Å². The molecule has 2 rings (SSSR count). The second kappa shape index (κ2) is 11.9. The number of halogens is 1. The maximum Gasteiger partial charge on any atom is 0.303 e. The Labute approximate surface area is 169 Å². The second-order valence-corrected chi connectivity index (χ2v) is 7.23. The average Bonchev–Trinajstić information content (AvgIpc) is 2.65. The van der Waals surface area contributed by atoms with Gasteiger partial charge in [0.05, 0.1) is 11.5 Å². The van der Waals surface area contributed by atoms with Gasteiger partial charge in [0.2, 0.25) is 0 Å². The van der Waals surface area contributed by atoms with Crippen molar-refractivity contribution in [2.24, 2.45) is 0 Å². The lowest BCUT2D eigenvalue weighted by molar-refractivity contribution is -0.145. The number of rotatable bonds is 7. The van der Waals surface area contributed by atoms with E-state index in [0.717, 1.165) is 5.56 Å². The van der Waals surface area contributed by atoms with Gasteiger partial charge in [0.25, 0.3) is 10.1 Å². The third kappa shape index (κ3) is 10.4. The van der Waals surface area contributed by atoms with Crippen LogP contribution in [0.4, 0.5) is 4.39 Å². The van der Waals surface area contributed by atoms with Crippen LogP contribution < -0.4 is 4.74 Å². The van der Waals surface area contributed by atoms with E-state index < -0.39 is 22.2 Å². The fourth-order valence-electron chi connectivity index (χ4n) is 1.97. The molecule has 0 bridgehead atoms. The molecule has 0 fully saturated rings. The predicted molar refractivity (Wildman–Crippen MR) is 105 cm³/mol. The molecule has 0 heterocycles. The van der Waals surface area contributed by atoms with E-state index in [0.29, 0.717) is 5.75 Å². The number of carbonyl (C=O) groups excluding carboxylic acids is 1. The molecule has 0 amide bonds. The molecule has 0 spiro atoms. The molecule has 0 aliphatic rings. The Hall–Kier alpha value is -2.75. The topological polar surface area (TPSA) is 110 Å².